The van der Waals surface area contributed by atoms with E-state index in [4.69, 9.17) is 0 Å². The molecule has 0 aliphatic heterocycles. The van der Waals surface area contributed by atoms with Gasteiger partial charge in [-0.3, -0.25) is 9.98 Å². The average molecular weight is 446 g/mol. The first-order valence-corrected chi connectivity index (χ1v) is 9.65. The van der Waals surface area contributed by atoms with Gasteiger partial charge in [0.25, 0.3) is 0 Å². The molecule has 30 heavy (non-hydrogen) atoms. The molecule has 0 bridgehead atoms. The van der Waals surface area contributed by atoms with Gasteiger partial charge in [0.05, 0.1) is 0 Å². The number of phenolic OH excluding ortho intramolecular Hbond substituents is 2. The van der Waals surface area contributed by atoms with Gasteiger partial charge in [-0.1, -0.05) is 60.7 Å². The van der Waals surface area contributed by atoms with Crippen molar-refractivity contribution in [1.29, 1.82) is 0 Å². The largest absolute Gasteiger partial charge is 0.507 e. The van der Waals surface area contributed by atoms with E-state index in [1.807, 2.05) is 60.7 Å². The number of fused-ring (bicyclic) bond motifs is 2. The quantitative estimate of drug-likeness (QED) is 0.239. The zero-order chi connectivity index (χ0) is 20.1. The van der Waals surface area contributed by atoms with E-state index in [0.717, 1.165) is 39.1 Å². The minimum absolute atomic E-state index is 0. The molecule has 155 valence electrons. The van der Waals surface area contributed by atoms with Crippen LogP contribution in [0.15, 0.2) is 82.8 Å². The number of phenols is 2. The first-order valence-electron chi connectivity index (χ1n) is 9.65. The molecule has 0 aliphatic rings. The topological polar surface area (TPSA) is 65.2 Å². The van der Waals surface area contributed by atoms with Gasteiger partial charge in [0, 0.05) is 53.7 Å². The fraction of sp³-hybridized carbons (Fsp3) is 0.120. The number of aliphatic imine (C=N–C) groups is 2. The van der Waals surface area contributed by atoms with E-state index in [-0.39, 0.29) is 28.6 Å². The second-order valence-electron chi connectivity index (χ2n) is 6.86. The first kappa shape index (κ1) is 21.6. The third kappa shape index (κ3) is 4.70. The number of hydrogen-bond donors (Lipinski definition) is 2. The van der Waals surface area contributed by atoms with Crippen LogP contribution in [0.2, 0.25) is 0 Å². The van der Waals surface area contributed by atoms with Crippen LogP contribution < -0.4 is 0 Å². The SMILES string of the molecule is Oc1ccc2ccccc2c1C=NCCCN=Cc1c(O)ccc2ccccc12.[Cu]. The van der Waals surface area contributed by atoms with Crippen LogP contribution in [0.1, 0.15) is 17.5 Å². The molecule has 1 radical (unpaired) electrons. The van der Waals surface area contributed by atoms with E-state index in [0.29, 0.717) is 13.1 Å². The molecular weight excluding hydrogens is 424 g/mol. The van der Waals surface area contributed by atoms with E-state index in [9.17, 15) is 10.2 Å². The standard InChI is InChI=1S/C25H22N2O2.Cu/c28-24-12-10-18-6-1-3-8-20(18)22(24)16-26-14-5-15-27-17-23-21-9-4-2-7-19(21)11-13-25(23)29;/h1-4,6-13,16-17,28-29H,5,14-15H2;. The van der Waals surface area contributed by atoms with Gasteiger partial charge >= 0.3 is 0 Å². The molecule has 0 amide bonds. The van der Waals surface area contributed by atoms with Crippen molar-refractivity contribution in [1.82, 2.24) is 0 Å². The molecule has 0 fully saturated rings. The van der Waals surface area contributed by atoms with E-state index < -0.39 is 0 Å². The maximum Gasteiger partial charge on any atom is 0.124 e. The number of nitrogens with zero attached hydrogens (tertiary/aromatic N) is 2. The van der Waals surface area contributed by atoms with Crippen molar-refractivity contribution in [3.63, 3.8) is 0 Å². The van der Waals surface area contributed by atoms with Gasteiger partial charge in [0.2, 0.25) is 0 Å². The molecule has 5 heteroatoms. The molecular formula is C25H22CuN2O2. The Balaban J connectivity index is 0.00000256. The van der Waals surface area contributed by atoms with Crippen molar-refractivity contribution in [2.24, 2.45) is 9.98 Å². The minimum Gasteiger partial charge on any atom is -0.507 e. The van der Waals surface area contributed by atoms with Gasteiger partial charge < -0.3 is 10.2 Å². The summed E-state index contributed by atoms with van der Waals surface area (Å²) in [6, 6.07) is 23.1. The maximum absolute atomic E-state index is 10.1. The fourth-order valence-electron chi connectivity index (χ4n) is 3.40. The third-order valence-electron chi connectivity index (χ3n) is 4.91. The molecule has 0 saturated heterocycles. The summed E-state index contributed by atoms with van der Waals surface area (Å²) in [5.74, 6) is 0.466. The van der Waals surface area contributed by atoms with Crippen LogP contribution in [0.5, 0.6) is 11.5 Å². The summed E-state index contributed by atoms with van der Waals surface area (Å²) in [7, 11) is 0. The summed E-state index contributed by atoms with van der Waals surface area (Å²) in [5.41, 5.74) is 1.49. The Morgan fingerprint density at radius 3 is 1.50 bits per heavy atom. The van der Waals surface area contributed by atoms with E-state index >= 15 is 0 Å². The monoisotopic (exact) mass is 445 g/mol. The number of benzene rings is 4. The molecule has 0 aliphatic carbocycles. The van der Waals surface area contributed by atoms with Crippen molar-refractivity contribution < 1.29 is 27.3 Å². The Labute approximate surface area is 186 Å². The number of rotatable bonds is 6. The normalized spacial score (nSPS) is 11.5. The van der Waals surface area contributed by atoms with Crippen LogP contribution in [-0.4, -0.2) is 35.7 Å². The third-order valence-corrected chi connectivity index (χ3v) is 4.91. The van der Waals surface area contributed by atoms with Crippen LogP contribution in [0.3, 0.4) is 0 Å². The molecule has 0 aromatic heterocycles. The Hall–Kier alpha value is -3.14. The summed E-state index contributed by atoms with van der Waals surface area (Å²) in [6.07, 6.45) is 4.25. The van der Waals surface area contributed by atoms with Crippen LogP contribution in [-0.2, 0) is 17.1 Å². The van der Waals surface area contributed by atoms with Crippen molar-refractivity contribution >= 4 is 34.0 Å². The molecule has 0 unspecified atom stereocenters. The van der Waals surface area contributed by atoms with Crippen molar-refractivity contribution in [3.8, 4) is 11.5 Å². The molecule has 0 heterocycles. The van der Waals surface area contributed by atoms with Gasteiger partial charge in [0.1, 0.15) is 11.5 Å². The second kappa shape index (κ2) is 10.1. The van der Waals surface area contributed by atoms with Crippen molar-refractivity contribution in [3.05, 3.63) is 83.9 Å². The van der Waals surface area contributed by atoms with Gasteiger partial charge in [-0.15, -0.1) is 0 Å². The van der Waals surface area contributed by atoms with Gasteiger partial charge in [0.15, 0.2) is 0 Å². The molecule has 0 spiro atoms. The van der Waals surface area contributed by atoms with Gasteiger partial charge in [-0.25, -0.2) is 0 Å². The van der Waals surface area contributed by atoms with Crippen LogP contribution >= 0.6 is 0 Å². The van der Waals surface area contributed by atoms with Crippen molar-refractivity contribution in [2.75, 3.05) is 13.1 Å². The molecule has 4 aromatic rings. The Morgan fingerprint density at radius 1 is 0.600 bits per heavy atom. The van der Waals surface area contributed by atoms with E-state index in [1.165, 1.54) is 0 Å². The molecule has 4 nitrogen and oxygen atoms in total. The smallest absolute Gasteiger partial charge is 0.124 e. The fourth-order valence-corrected chi connectivity index (χ4v) is 3.40. The number of hydrogen-bond acceptors (Lipinski definition) is 4. The predicted octanol–water partition coefficient (Wildman–Crippen LogP) is 5.33. The second-order valence-corrected chi connectivity index (χ2v) is 6.86. The van der Waals surface area contributed by atoms with Crippen LogP contribution in [0.4, 0.5) is 0 Å². The van der Waals surface area contributed by atoms with Crippen LogP contribution in [0, 0.1) is 0 Å². The van der Waals surface area contributed by atoms with Crippen molar-refractivity contribution in [2.45, 2.75) is 6.42 Å². The van der Waals surface area contributed by atoms with E-state index in [1.54, 1.807) is 24.6 Å². The van der Waals surface area contributed by atoms with Crippen LogP contribution in [0.25, 0.3) is 21.5 Å². The van der Waals surface area contributed by atoms with E-state index in [2.05, 4.69) is 9.98 Å². The average Bonchev–Trinajstić information content (AvgIpc) is 2.75. The Bertz CT molecular complexity index is 1120. The molecule has 4 aromatic carbocycles. The first-order chi connectivity index (χ1) is 14.2. The summed E-state index contributed by atoms with van der Waals surface area (Å²) >= 11 is 0. The Morgan fingerprint density at radius 2 is 1.03 bits per heavy atom. The summed E-state index contributed by atoms with van der Waals surface area (Å²) in [6.45, 7) is 1.23. The zero-order valence-corrected chi connectivity index (χ0v) is 17.2. The maximum atomic E-state index is 10.1. The number of aromatic hydroxyl groups is 2. The molecule has 2 N–H and O–H groups in total. The van der Waals surface area contributed by atoms with Gasteiger partial charge in [-0.2, -0.15) is 0 Å². The summed E-state index contributed by atoms with van der Waals surface area (Å²) < 4.78 is 0. The van der Waals surface area contributed by atoms with Gasteiger partial charge in [-0.05, 0) is 40.1 Å². The molecule has 4 rings (SSSR count). The Kier molecular flexibility index (Phi) is 7.23. The predicted molar refractivity (Wildman–Crippen MR) is 121 cm³/mol. The molecule has 0 saturated carbocycles. The summed E-state index contributed by atoms with van der Waals surface area (Å²) in [4.78, 5) is 8.91. The minimum atomic E-state index is 0. The summed E-state index contributed by atoms with van der Waals surface area (Å²) in [5, 5.41) is 24.4. The molecule has 0 atom stereocenters. The zero-order valence-electron chi connectivity index (χ0n) is 16.3.